The predicted octanol–water partition coefficient (Wildman–Crippen LogP) is 3.86. The number of benzene rings is 2. The average Bonchev–Trinajstić information content (AvgIpc) is 2.61. The van der Waals surface area contributed by atoms with Crippen LogP contribution in [0.15, 0.2) is 60.2 Å². The summed E-state index contributed by atoms with van der Waals surface area (Å²) in [4.78, 5) is 23.9. The predicted molar refractivity (Wildman–Crippen MR) is 90.6 cm³/mol. The Morgan fingerprint density at radius 3 is 2.38 bits per heavy atom. The van der Waals surface area contributed by atoms with E-state index in [1.807, 2.05) is 30.3 Å². The molecule has 3 rings (SSSR count). The van der Waals surface area contributed by atoms with Gasteiger partial charge >= 0.3 is 0 Å². The molecule has 1 N–H and O–H groups in total. The molecule has 1 aliphatic rings. The molecule has 0 bridgehead atoms. The second-order valence-corrected chi connectivity index (χ2v) is 5.73. The fourth-order valence-electron chi connectivity index (χ4n) is 2.70. The molecule has 1 aliphatic carbocycles. The number of aliphatic hydroxyl groups is 1. The smallest absolute Gasteiger partial charge is 0.170 e. The monoisotopic (exact) mass is 322 g/mol. The maximum atomic E-state index is 11.9. The quantitative estimate of drug-likeness (QED) is 0.527. The minimum absolute atomic E-state index is 0.0820. The molecule has 0 spiro atoms. The van der Waals surface area contributed by atoms with E-state index < -0.39 is 0 Å². The van der Waals surface area contributed by atoms with Crippen molar-refractivity contribution in [2.75, 3.05) is 0 Å². The molecular formula is C20H18O4. The van der Waals surface area contributed by atoms with E-state index in [4.69, 9.17) is 4.74 Å². The first-order valence-electron chi connectivity index (χ1n) is 7.92. The van der Waals surface area contributed by atoms with Crippen molar-refractivity contribution in [2.45, 2.75) is 25.9 Å². The van der Waals surface area contributed by atoms with Gasteiger partial charge in [-0.15, -0.1) is 0 Å². The summed E-state index contributed by atoms with van der Waals surface area (Å²) in [5.74, 6) is -0.271. The van der Waals surface area contributed by atoms with E-state index >= 15 is 0 Å². The summed E-state index contributed by atoms with van der Waals surface area (Å²) in [5, 5.41) is 10.4. The highest BCUT2D eigenvalue weighted by atomic mass is 16.5. The number of ether oxygens (including phenoxy) is 1. The van der Waals surface area contributed by atoms with Crippen LogP contribution in [0.25, 0.3) is 5.76 Å². The Morgan fingerprint density at radius 1 is 0.958 bits per heavy atom. The number of hydrogen-bond acceptors (Lipinski definition) is 4. The van der Waals surface area contributed by atoms with Gasteiger partial charge in [-0.05, 0) is 24.1 Å². The summed E-state index contributed by atoms with van der Waals surface area (Å²) < 4.78 is 5.72. The third kappa shape index (κ3) is 3.54. The zero-order valence-corrected chi connectivity index (χ0v) is 13.2. The first-order chi connectivity index (χ1) is 11.6. The number of allylic oxidation sites excluding steroid dienone is 1. The minimum Gasteiger partial charge on any atom is -0.506 e. The summed E-state index contributed by atoms with van der Waals surface area (Å²) >= 11 is 0. The fraction of sp³-hybridized carbons (Fsp3) is 0.200. The summed E-state index contributed by atoms with van der Waals surface area (Å²) in [6, 6.07) is 16.5. The third-order valence-corrected chi connectivity index (χ3v) is 3.96. The van der Waals surface area contributed by atoms with Crippen LogP contribution in [0.5, 0.6) is 5.75 Å². The topological polar surface area (TPSA) is 63.6 Å². The van der Waals surface area contributed by atoms with E-state index in [2.05, 4.69) is 0 Å². The van der Waals surface area contributed by atoms with Gasteiger partial charge in [0.1, 0.15) is 23.7 Å². The number of aliphatic hydroxyl groups excluding tert-OH is 1. The Labute approximate surface area is 140 Å². The van der Waals surface area contributed by atoms with Crippen LogP contribution in [0, 0.1) is 0 Å². The molecule has 0 saturated heterocycles. The molecule has 0 aliphatic heterocycles. The fourth-order valence-corrected chi connectivity index (χ4v) is 2.70. The molecule has 0 aromatic heterocycles. The molecule has 0 atom stereocenters. The largest absolute Gasteiger partial charge is 0.506 e. The van der Waals surface area contributed by atoms with Gasteiger partial charge in [-0.2, -0.15) is 0 Å². The lowest BCUT2D eigenvalue weighted by Gasteiger charge is -2.14. The molecule has 0 heterocycles. The van der Waals surface area contributed by atoms with Gasteiger partial charge in [0.25, 0.3) is 0 Å². The van der Waals surface area contributed by atoms with Gasteiger partial charge in [-0.3, -0.25) is 9.59 Å². The van der Waals surface area contributed by atoms with Crippen molar-refractivity contribution in [2.24, 2.45) is 0 Å². The summed E-state index contributed by atoms with van der Waals surface area (Å²) in [6.45, 7) is 0.402. The van der Waals surface area contributed by atoms with Crippen molar-refractivity contribution >= 4 is 17.3 Å². The highest BCUT2D eigenvalue weighted by Gasteiger charge is 2.27. The summed E-state index contributed by atoms with van der Waals surface area (Å²) in [7, 11) is 0. The Hall–Kier alpha value is -2.88. The summed E-state index contributed by atoms with van der Waals surface area (Å²) in [6.07, 6.45) is 1.15. The highest BCUT2D eigenvalue weighted by Crippen LogP contribution is 2.26. The van der Waals surface area contributed by atoms with Crippen molar-refractivity contribution in [3.63, 3.8) is 0 Å². The molecule has 24 heavy (non-hydrogen) atoms. The third-order valence-electron chi connectivity index (χ3n) is 3.96. The lowest BCUT2D eigenvalue weighted by Crippen LogP contribution is -2.20. The number of Topliss-reactive ketones (excluding diaryl/α,β-unsaturated/α-hetero) is 2. The maximum absolute atomic E-state index is 11.9. The van der Waals surface area contributed by atoms with Crippen LogP contribution in [0.2, 0.25) is 0 Å². The number of ketones is 2. The van der Waals surface area contributed by atoms with Gasteiger partial charge in [-0.1, -0.05) is 42.5 Å². The Bertz CT molecular complexity index is 772. The van der Waals surface area contributed by atoms with Crippen LogP contribution >= 0.6 is 0 Å². The lowest BCUT2D eigenvalue weighted by atomic mass is 9.90. The van der Waals surface area contributed by atoms with E-state index in [0.717, 1.165) is 5.56 Å². The Kier molecular flexibility index (Phi) is 4.75. The number of carbonyl (C=O) groups is 2. The van der Waals surface area contributed by atoms with Crippen LogP contribution in [0.1, 0.15) is 30.4 Å². The number of rotatable bonds is 4. The van der Waals surface area contributed by atoms with Crippen molar-refractivity contribution < 1.29 is 19.4 Å². The first kappa shape index (κ1) is 16.0. The lowest BCUT2D eigenvalue weighted by molar-refractivity contribution is -0.123. The van der Waals surface area contributed by atoms with Crippen molar-refractivity contribution in [3.8, 4) is 5.75 Å². The van der Waals surface area contributed by atoms with Crippen LogP contribution in [0.4, 0.5) is 0 Å². The van der Waals surface area contributed by atoms with Crippen LogP contribution in [-0.4, -0.2) is 16.7 Å². The molecule has 1 fully saturated rings. The van der Waals surface area contributed by atoms with Gasteiger partial charge in [-0.25, -0.2) is 0 Å². The number of hydrogen-bond donors (Lipinski definition) is 1. The zero-order valence-electron chi connectivity index (χ0n) is 13.2. The van der Waals surface area contributed by atoms with Crippen LogP contribution in [-0.2, 0) is 16.2 Å². The molecule has 122 valence electrons. The van der Waals surface area contributed by atoms with E-state index in [-0.39, 0.29) is 22.9 Å². The Morgan fingerprint density at radius 2 is 1.67 bits per heavy atom. The molecule has 0 unspecified atom stereocenters. The van der Waals surface area contributed by atoms with Gasteiger partial charge in [0.2, 0.25) is 0 Å². The van der Waals surface area contributed by atoms with E-state index in [0.29, 0.717) is 37.2 Å². The maximum Gasteiger partial charge on any atom is 0.170 e. The van der Waals surface area contributed by atoms with Gasteiger partial charge in [0.15, 0.2) is 11.6 Å². The molecule has 2 aromatic rings. The van der Waals surface area contributed by atoms with Gasteiger partial charge in [0, 0.05) is 18.4 Å². The van der Waals surface area contributed by atoms with Crippen molar-refractivity contribution in [1.29, 1.82) is 0 Å². The molecule has 2 aromatic carbocycles. The first-order valence-corrected chi connectivity index (χ1v) is 7.92. The number of carbonyl (C=O) groups excluding carboxylic acids is 2. The van der Waals surface area contributed by atoms with Crippen molar-refractivity contribution in [1.82, 2.24) is 0 Å². The molecule has 0 amide bonds. The SMILES string of the molecule is O=C1CCCC(=O)C1=C(O)c1cccc(OCc2ccccc2)c1. The van der Waals surface area contributed by atoms with Crippen LogP contribution in [0.3, 0.4) is 0 Å². The summed E-state index contributed by atoms with van der Waals surface area (Å²) in [5.41, 5.74) is 1.36. The van der Waals surface area contributed by atoms with Gasteiger partial charge in [0.05, 0.1) is 0 Å². The normalized spacial score (nSPS) is 14.6. The van der Waals surface area contributed by atoms with Crippen LogP contribution < -0.4 is 4.74 Å². The molecule has 4 heteroatoms. The van der Waals surface area contributed by atoms with E-state index in [9.17, 15) is 14.7 Å². The second kappa shape index (κ2) is 7.13. The average molecular weight is 322 g/mol. The standard InChI is InChI=1S/C20H18O4/c21-17-10-5-11-18(22)19(17)20(23)15-8-4-9-16(12-15)24-13-14-6-2-1-3-7-14/h1-4,6-9,12,23H,5,10-11,13H2. The van der Waals surface area contributed by atoms with E-state index in [1.54, 1.807) is 24.3 Å². The highest BCUT2D eigenvalue weighted by molar-refractivity contribution is 6.25. The molecule has 4 nitrogen and oxygen atoms in total. The molecule has 1 saturated carbocycles. The second-order valence-electron chi connectivity index (χ2n) is 5.73. The zero-order chi connectivity index (χ0) is 16.9. The molecular weight excluding hydrogens is 304 g/mol. The Balaban J connectivity index is 1.82. The van der Waals surface area contributed by atoms with Crippen molar-refractivity contribution in [3.05, 3.63) is 71.3 Å². The minimum atomic E-state index is -0.292. The van der Waals surface area contributed by atoms with Gasteiger partial charge < -0.3 is 9.84 Å². The molecule has 0 radical (unpaired) electrons. The van der Waals surface area contributed by atoms with E-state index in [1.165, 1.54) is 0 Å².